The van der Waals surface area contributed by atoms with Gasteiger partial charge in [0.1, 0.15) is 23.4 Å². The molecule has 0 aliphatic carbocycles. The van der Waals surface area contributed by atoms with Crippen LogP contribution < -0.4 is 5.32 Å². The van der Waals surface area contributed by atoms with Crippen molar-refractivity contribution in [1.29, 1.82) is 0 Å². The molecule has 0 bridgehead atoms. The highest BCUT2D eigenvalue weighted by Crippen LogP contribution is 2.26. The first kappa shape index (κ1) is 15.3. The van der Waals surface area contributed by atoms with Crippen molar-refractivity contribution in [1.82, 2.24) is 5.32 Å². The monoisotopic (exact) mass is 329 g/mol. The fraction of sp³-hybridized carbons (Fsp3) is 0.118. The Morgan fingerprint density at radius 2 is 2.26 bits per heavy atom. The van der Waals surface area contributed by atoms with Gasteiger partial charge in [-0.25, -0.2) is 0 Å². The van der Waals surface area contributed by atoms with Crippen molar-refractivity contribution < 1.29 is 18.7 Å². The normalized spacial score (nSPS) is 12.6. The minimum absolute atomic E-state index is 0.0674. The first-order valence-corrected chi connectivity index (χ1v) is 7.96. The van der Waals surface area contributed by atoms with Crippen LogP contribution in [0.2, 0.25) is 0 Å². The molecule has 3 aromatic rings. The van der Waals surface area contributed by atoms with Gasteiger partial charge >= 0.3 is 0 Å². The maximum absolute atomic E-state index is 11.7. The Labute approximate surface area is 136 Å². The van der Waals surface area contributed by atoms with Crippen molar-refractivity contribution >= 4 is 23.3 Å². The third kappa shape index (κ3) is 4.00. The topological polar surface area (TPSA) is 75.6 Å². The zero-order chi connectivity index (χ0) is 16.1. The number of hydrogen-bond donors (Lipinski definition) is 2. The van der Waals surface area contributed by atoms with E-state index in [-0.39, 0.29) is 12.5 Å². The molecule has 0 radical (unpaired) electrons. The molecule has 0 aliphatic heterocycles. The minimum Gasteiger partial charge on any atom is -0.465 e. The third-order valence-electron chi connectivity index (χ3n) is 3.17. The number of carbonyl (C=O) groups excluding carboxylic acids is 1. The minimum atomic E-state index is -0.900. The van der Waals surface area contributed by atoms with Gasteiger partial charge in [-0.2, -0.15) is 11.3 Å². The van der Waals surface area contributed by atoms with Crippen LogP contribution in [-0.2, 0) is 4.79 Å². The standard InChI is InChI=1S/C17H15NO4S/c19-14(10-18-17(20)6-3-13-2-1-8-21-13)16-5-4-15(22-16)12-7-9-23-11-12/h1-9,11,14,19H,10H2,(H,18,20)/b6-3+/t14-/m0/s1. The van der Waals surface area contributed by atoms with Crippen molar-refractivity contribution in [3.63, 3.8) is 0 Å². The summed E-state index contributed by atoms with van der Waals surface area (Å²) in [7, 11) is 0. The Morgan fingerprint density at radius 3 is 3.00 bits per heavy atom. The number of hydrogen-bond acceptors (Lipinski definition) is 5. The molecule has 1 amide bonds. The molecule has 1 atom stereocenters. The maximum atomic E-state index is 11.7. The predicted octanol–water partition coefficient (Wildman–Crippen LogP) is 3.46. The summed E-state index contributed by atoms with van der Waals surface area (Å²) in [5, 5.41) is 16.6. The van der Waals surface area contributed by atoms with Gasteiger partial charge in [-0.3, -0.25) is 4.79 Å². The van der Waals surface area contributed by atoms with E-state index in [1.165, 1.54) is 12.3 Å². The molecule has 3 aromatic heterocycles. The van der Waals surface area contributed by atoms with Gasteiger partial charge in [-0.15, -0.1) is 0 Å². The maximum Gasteiger partial charge on any atom is 0.244 e. The average Bonchev–Trinajstić information content (AvgIpc) is 3.31. The number of rotatable bonds is 6. The second-order valence-electron chi connectivity index (χ2n) is 4.82. The lowest BCUT2D eigenvalue weighted by Crippen LogP contribution is -2.26. The van der Waals surface area contributed by atoms with E-state index in [2.05, 4.69) is 5.32 Å². The molecule has 118 valence electrons. The van der Waals surface area contributed by atoms with Crippen LogP contribution >= 0.6 is 11.3 Å². The first-order chi connectivity index (χ1) is 11.2. The molecule has 2 N–H and O–H groups in total. The zero-order valence-electron chi connectivity index (χ0n) is 12.1. The summed E-state index contributed by atoms with van der Waals surface area (Å²) < 4.78 is 10.7. The lowest BCUT2D eigenvalue weighted by Gasteiger charge is -2.08. The molecular weight excluding hydrogens is 314 g/mol. The smallest absolute Gasteiger partial charge is 0.244 e. The number of thiophene rings is 1. The van der Waals surface area contributed by atoms with E-state index in [0.29, 0.717) is 17.3 Å². The molecule has 6 heteroatoms. The number of furan rings is 2. The summed E-state index contributed by atoms with van der Waals surface area (Å²) in [5.74, 6) is 1.39. The number of amides is 1. The van der Waals surface area contributed by atoms with Crippen molar-refractivity contribution in [3.05, 3.63) is 65.0 Å². The van der Waals surface area contributed by atoms with Gasteiger partial charge in [0, 0.05) is 17.0 Å². The van der Waals surface area contributed by atoms with Crippen LogP contribution in [0.5, 0.6) is 0 Å². The van der Waals surface area contributed by atoms with E-state index in [9.17, 15) is 9.90 Å². The van der Waals surface area contributed by atoms with Crippen LogP contribution in [0.25, 0.3) is 17.4 Å². The van der Waals surface area contributed by atoms with Crippen molar-refractivity contribution in [2.75, 3.05) is 6.54 Å². The van der Waals surface area contributed by atoms with E-state index >= 15 is 0 Å². The van der Waals surface area contributed by atoms with Crippen molar-refractivity contribution in [2.24, 2.45) is 0 Å². The average molecular weight is 329 g/mol. The van der Waals surface area contributed by atoms with Crippen LogP contribution in [0, 0.1) is 0 Å². The summed E-state index contributed by atoms with van der Waals surface area (Å²) in [6.45, 7) is 0.0674. The molecule has 0 unspecified atom stereocenters. The van der Waals surface area contributed by atoms with Gasteiger partial charge < -0.3 is 19.3 Å². The van der Waals surface area contributed by atoms with Gasteiger partial charge in [-0.1, -0.05) is 0 Å². The molecule has 0 aromatic carbocycles. The Balaban J connectivity index is 1.53. The van der Waals surface area contributed by atoms with Gasteiger partial charge in [0.2, 0.25) is 5.91 Å². The van der Waals surface area contributed by atoms with E-state index in [1.54, 1.807) is 41.7 Å². The number of aliphatic hydroxyl groups excluding tert-OH is 1. The van der Waals surface area contributed by atoms with E-state index < -0.39 is 6.10 Å². The third-order valence-corrected chi connectivity index (χ3v) is 3.86. The lowest BCUT2D eigenvalue weighted by atomic mass is 10.2. The molecule has 3 heterocycles. The Kier molecular flexibility index (Phi) is 4.75. The fourth-order valence-corrected chi connectivity index (χ4v) is 2.64. The van der Waals surface area contributed by atoms with E-state index in [1.807, 2.05) is 16.8 Å². The molecular formula is C17H15NO4S. The highest BCUT2D eigenvalue weighted by atomic mass is 32.1. The number of carbonyl (C=O) groups is 1. The Morgan fingerprint density at radius 1 is 1.35 bits per heavy atom. The highest BCUT2D eigenvalue weighted by molar-refractivity contribution is 7.08. The van der Waals surface area contributed by atoms with Gasteiger partial charge in [0.15, 0.2) is 0 Å². The molecule has 0 saturated heterocycles. The second kappa shape index (κ2) is 7.13. The summed E-state index contributed by atoms with van der Waals surface area (Å²) in [4.78, 5) is 11.7. The van der Waals surface area contributed by atoms with E-state index in [4.69, 9.17) is 8.83 Å². The summed E-state index contributed by atoms with van der Waals surface area (Å²) in [5.41, 5.74) is 0.971. The lowest BCUT2D eigenvalue weighted by molar-refractivity contribution is -0.116. The number of nitrogens with one attached hydrogen (secondary N) is 1. The fourth-order valence-electron chi connectivity index (χ4n) is 1.99. The molecule has 3 rings (SSSR count). The van der Waals surface area contributed by atoms with Gasteiger partial charge in [0.05, 0.1) is 12.8 Å². The van der Waals surface area contributed by atoms with Crippen LogP contribution in [0.4, 0.5) is 0 Å². The second-order valence-corrected chi connectivity index (χ2v) is 5.60. The molecule has 0 spiro atoms. The first-order valence-electron chi connectivity index (χ1n) is 7.02. The molecule has 0 saturated carbocycles. The van der Waals surface area contributed by atoms with Gasteiger partial charge in [0.25, 0.3) is 0 Å². The van der Waals surface area contributed by atoms with Crippen LogP contribution in [-0.4, -0.2) is 17.6 Å². The number of aliphatic hydroxyl groups is 1. The highest BCUT2D eigenvalue weighted by Gasteiger charge is 2.14. The SMILES string of the molecule is O=C(/C=C/c1ccco1)NC[C@H](O)c1ccc(-c2ccsc2)o1. The van der Waals surface area contributed by atoms with Crippen LogP contribution in [0.3, 0.4) is 0 Å². The van der Waals surface area contributed by atoms with E-state index in [0.717, 1.165) is 5.56 Å². The largest absolute Gasteiger partial charge is 0.465 e. The summed E-state index contributed by atoms with van der Waals surface area (Å²) in [6, 6.07) is 8.94. The predicted molar refractivity (Wildman–Crippen MR) is 87.7 cm³/mol. The van der Waals surface area contributed by atoms with Gasteiger partial charge in [-0.05, 0) is 41.8 Å². The molecule has 0 aliphatic rings. The summed E-state index contributed by atoms with van der Waals surface area (Å²) >= 11 is 1.58. The zero-order valence-corrected chi connectivity index (χ0v) is 13.0. The Bertz CT molecular complexity index is 772. The molecule has 0 fully saturated rings. The van der Waals surface area contributed by atoms with Crippen LogP contribution in [0.15, 0.2) is 62.3 Å². The quantitative estimate of drug-likeness (QED) is 0.679. The Hall–Kier alpha value is -2.57. The molecule has 5 nitrogen and oxygen atoms in total. The van der Waals surface area contributed by atoms with Crippen molar-refractivity contribution in [2.45, 2.75) is 6.10 Å². The van der Waals surface area contributed by atoms with Crippen molar-refractivity contribution in [3.8, 4) is 11.3 Å². The molecule has 23 heavy (non-hydrogen) atoms. The summed E-state index contributed by atoms with van der Waals surface area (Å²) in [6.07, 6.45) is 3.54. The van der Waals surface area contributed by atoms with Crippen LogP contribution in [0.1, 0.15) is 17.6 Å².